The Morgan fingerprint density at radius 2 is 0.929 bits per heavy atom. The Hall–Kier alpha value is -7.63. The van der Waals surface area contributed by atoms with Gasteiger partial charge in [-0.15, -0.1) is 0 Å². The highest BCUT2D eigenvalue weighted by Crippen LogP contribution is 2.44. The largest absolute Gasteiger partial charge is 0.456 e. The zero-order valence-corrected chi connectivity index (χ0v) is 28.8. The number of anilines is 3. The van der Waals surface area contributed by atoms with E-state index in [-0.39, 0.29) is 16.5 Å². The third kappa shape index (κ3) is 6.27. The van der Waals surface area contributed by atoms with Crippen molar-refractivity contribution in [2.75, 3.05) is 4.90 Å². The molecule has 0 radical (unpaired) electrons. The van der Waals surface area contributed by atoms with Crippen LogP contribution in [0.4, 0.5) is 17.1 Å². The zero-order chi connectivity index (χ0) is 54.7. The average molecular weight is 739 g/mol. The number of hydrogen-bond acceptors (Lipinski definition) is 5. The molecule has 0 spiro atoms. The Labute approximate surface area is 353 Å². The summed E-state index contributed by atoms with van der Waals surface area (Å²) in [5.74, 6) is -2.28. The van der Waals surface area contributed by atoms with Crippen LogP contribution in [0.5, 0.6) is 0 Å². The van der Waals surface area contributed by atoms with Gasteiger partial charge in [-0.2, -0.15) is 0 Å². The fourth-order valence-corrected chi connectivity index (χ4v) is 6.20. The smallest absolute Gasteiger partial charge is 0.164 e. The summed E-state index contributed by atoms with van der Waals surface area (Å²) < 4.78 is 185. The molecule has 10 rings (SSSR count). The van der Waals surface area contributed by atoms with Crippen molar-refractivity contribution in [3.8, 4) is 56.4 Å². The number of hydrogen-bond donors (Lipinski definition) is 0. The molecule has 5 heteroatoms. The van der Waals surface area contributed by atoms with E-state index >= 15 is 0 Å². The van der Waals surface area contributed by atoms with Crippen LogP contribution in [-0.2, 0) is 0 Å². The fraction of sp³-hybridized carbons (Fsp3) is 0. The van der Waals surface area contributed by atoms with E-state index in [2.05, 4.69) is 15.0 Å². The Balaban J connectivity index is 1.36. The average Bonchev–Trinajstić information content (AvgIpc) is 3.90. The monoisotopic (exact) mass is 738 g/mol. The van der Waals surface area contributed by atoms with Gasteiger partial charge in [-0.1, -0.05) is 157 Å². The lowest BCUT2D eigenvalue weighted by molar-refractivity contribution is 0.669. The maximum Gasteiger partial charge on any atom is 0.164 e. The zero-order valence-electron chi connectivity index (χ0n) is 48.8. The lowest BCUT2D eigenvalue weighted by Crippen LogP contribution is -2.10. The van der Waals surface area contributed by atoms with Crippen molar-refractivity contribution in [3.05, 3.63) is 206 Å². The number of aromatic nitrogens is 3. The maximum absolute atomic E-state index is 10.2. The second-order valence-corrected chi connectivity index (χ2v) is 12.1. The SMILES string of the molecule is [2H]c1c([2H])c([2H])c(-c2nc(-c3c([2H])c([2H])c([2H])c([2H])c3[2H])nc(-c3c([2H])c([2H])c([2H])c(-c4c([2H])c(N(c5ccccc5)c5ccc(-c6ccccc6)cc5)c([2H])c5oc6c([2H])c([2H])c([2H])c([2H])c6c45)c3[2H])n2)c([2H])c1[2H]. The molecule has 5 nitrogen and oxygen atoms in total. The minimum Gasteiger partial charge on any atom is -0.456 e. The summed E-state index contributed by atoms with van der Waals surface area (Å²) in [6, 6.07) is 9.37. The summed E-state index contributed by atoms with van der Waals surface area (Å²) in [5, 5.41) is -0.689. The summed E-state index contributed by atoms with van der Waals surface area (Å²) in [7, 11) is 0. The molecule has 2 aromatic heterocycles. The highest BCUT2D eigenvalue weighted by molar-refractivity contribution is 6.14. The molecule has 0 saturated carbocycles. The molecule has 0 atom stereocenters. The van der Waals surface area contributed by atoms with Crippen molar-refractivity contribution in [2.24, 2.45) is 0 Å². The van der Waals surface area contributed by atoms with Gasteiger partial charge in [0.15, 0.2) is 17.5 Å². The molecule has 0 aliphatic carbocycles. The Morgan fingerprint density at radius 3 is 1.61 bits per heavy atom. The van der Waals surface area contributed by atoms with Gasteiger partial charge in [0.1, 0.15) is 11.2 Å². The van der Waals surface area contributed by atoms with E-state index in [1.165, 1.54) is 4.90 Å². The fourth-order valence-electron chi connectivity index (χ4n) is 6.20. The summed E-state index contributed by atoms with van der Waals surface area (Å²) in [4.78, 5) is 14.6. The van der Waals surface area contributed by atoms with E-state index in [9.17, 15) is 8.22 Å². The van der Waals surface area contributed by atoms with Gasteiger partial charge in [-0.05, 0) is 64.6 Å². The molecule has 8 aromatic carbocycles. The predicted molar refractivity (Wildman–Crippen MR) is 229 cm³/mol. The maximum atomic E-state index is 10.2. The van der Waals surface area contributed by atoms with Crippen molar-refractivity contribution < 1.29 is 31.8 Å². The van der Waals surface area contributed by atoms with Crippen LogP contribution in [0.3, 0.4) is 0 Å². The molecule has 0 amide bonds. The van der Waals surface area contributed by atoms with Crippen molar-refractivity contribution in [1.29, 1.82) is 0 Å². The van der Waals surface area contributed by atoms with E-state index in [1.807, 2.05) is 42.5 Å². The van der Waals surface area contributed by atoms with E-state index in [0.29, 0.717) is 11.4 Å². The lowest BCUT2D eigenvalue weighted by Gasteiger charge is -2.26. The quantitative estimate of drug-likeness (QED) is 0.155. The molecule has 0 N–H and O–H groups in total. The molecule has 264 valence electrons. The van der Waals surface area contributed by atoms with Crippen LogP contribution in [0.2, 0.25) is 0 Å². The number of rotatable bonds is 8. The highest BCUT2D eigenvalue weighted by Gasteiger charge is 2.21. The van der Waals surface area contributed by atoms with Crippen molar-refractivity contribution in [3.63, 3.8) is 0 Å². The van der Waals surface area contributed by atoms with E-state index in [1.54, 1.807) is 42.5 Å². The molecule has 0 aliphatic heterocycles. The van der Waals surface area contributed by atoms with Gasteiger partial charge >= 0.3 is 0 Å². The molecule has 0 unspecified atom stereocenters. The predicted octanol–water partition coefficient (Wildman–Crippen LogP) is 13.6. The third-order valence-electron chi connectivity index (χ3n) is 8.71. The minimum atomic E-state index is -0.926. The van der Waals surface area contributed by atoms with Gasteiger partial charge in [-0.3, -0.25) is 0 Å². The molecule has 10 aromatic rings. The van der Waals surface area contributed by atoms with E-state index in [0.717, 1.165) is 11.1 Å². The number of benzene rings is 8. The summed E-state index contributed by atoms with van der Waals surface area (Å²) in [6.45, 7) is 0. The normalized spacial score (nSPS) is 16.2. The minimum absolute atomic E-state index is 0.246. The number of furan rings is 1. The Morgan fingerprint density at radius 1 is 0.393 bits per heavy atom. The first-order valence-corrected chi connectivity index (χ1v) is 17.1. The number of para-hydroxylation sites is 2. The second-order valence-electron chi connectivity index (χ2n) is 12.1. The van der Waals surface area contributed by atoms with Crippen LogP contribution >= 0.6 is 0 Å². The summed E-state index contributed by atoms with van der Waals surface area (Å²) >= 11 is 0. The van der Waals surface area contributed by atoms with Crippen LogP contribution in [0.25, 0.3) is 78.4 Å². The standard InChI is InChI=1S/C51H34N4O/c1-5-16-35(17-6-1)36-28-30-42(31-29-36)55(41-24-11-4-12-25-41)43-33-45(48-44-26-13-14-27-46(44)56-47(48)34-43)39-22-15-23-40(32-39)51-53-49(37-18-7-2-8-19-37)52-50(54-51)38-20-9-3-10-21-38/h1-34H/i2D,3D,7D,8D,9D,10D,13D,14D,15D,18D,19D,20D,21D,22D,23D,26D,27D,32D,33D,34D. The van der Waals surface area contributed by atoms with Crippen LogP contribution < -0.4 is 4.90 Å². The van der Waals surface area contributed by atoms with Gasteiger partial charge in [-0.25, -0.2) is 15.0 Å². The van der Waals surface area contributed by atoms with Crippen LogP contribution in [0, 0.1) is 0 Å². The van der Waals surface area contributed by atoms with Gasteiger partial charge in [0.05, 0.1) is 33.1 Å². The Kier molecular flexibility index (Phi) is 4.63. The van der Waals surface area contributed by atoms with Gasteiger partial charge < -0.3 is 9.32 Å². The van der Waals surface area contributed by atoms with Gasteiger partial charge in [0, 0.05) is 44.9 Å². The molecule has 2 heterocycles. The molecule has 0 fully saturated rings. The van der Waals surface area contributed by atoms with Crippen LogP contribution in [0.15, 0.2) is 210 Å². The third-order valence-corrected chi connectivity index (χ3v) is 8.71. The van der Waals surface area contributed by atoms with Crippen molar-refractivity contribution in [2.45, 2.75) is 0 Å². The van der Waals surface area contributed by atoms with Gasteiger partial charge in [0.2, 0.25) is 0 Å². The molecular weight excluding hydrogens is 685 g/mol. The number of nitrogens with zero attached hydrogens (tertiary/aromatic N) is 4. The number of fused-ring (bicyclic) bond motifs is 3. The molecular formula is C51H34N4O. The first kappa shape index (κ1) is 18.1. The topological polar surface area (TPSA) is 55.1 Å². The van der Waals surface area contributed by atoms with E-state index < -0.39 is 177 Å². The van der Waals surface area contributed by atoms with Gasteiger partial charge in [0.25, 0.3) is 0 Å². The summed E-state index contributed by atoms with van der Waals surface area (Å²) in [5.41, 5.74) is -1.77. The molecule has 0 saturated heterocycles. The van der Waals surface area contributed by atoms with Crippen molar-refractivity contribution in [1.82, 2.24) is 15.0 Å². The first-order chi connectivity index (χ1) is 36.1. The molecule has 56 heavy (non-hydrogen) atoms. The molecule has 0 aliphatic rings. The lowest BCUT2D eigenvalue weighted by atomic mass is 9.96. The Bertz CT molecular complexity index is 3970. The van der Waals surface area contributed by atoms with Crippen molar-refractivity contribution >= 4 is 39.0 Å². The highest BCUT2D eigenvalue weighted by atomic mass is 16.3. The van der Waals surface area contributed by atoms with Crippen LogP contribution in [-0.4, -0.2) is 15.0 Å². The summed E-state index contributed by atoms with van der Waals surface area (Å²) in [6.07, 6.45) is 0. The van der Waals surface area contributed by atoms with E-state index in [4.69, 9.17) is 23.6 Å². The first-order valence-electron chi connectivity index (χ1n) is 27.1. The molecule has 0 bridgehead atoms. The van der Waals surface area contributed by atoms with Crippen LogP contribution in [0.1, 0.15) is 27.4 Å². The second kappa shape index (κ2) is 14.3.